The van der Waals surface area contributed by atoms with Crippen LogP contribution in [0.4, 0.5) is 13.2 Å². The number of likely N-dealkylation sites (tertiary alicyclic amines) is 1. The van der Waals surface area contributed by atoms with Gasteiger partial charge in [-0.1, -0.05) is 42.5 Å². The summed E-state index contributed by atoms with van der Waals surface area (Å²) < 4.78 is 42.2. The molecule has 190 valence electrons. The molecule has 2 aliphatic heterocycles. The van der Waals surface area contributed by atoms with Crippen molar-refractivity contribution < 1.29 is 22.7 Å². The first-order chi connectivity index (χ1) is 17.3. The Bertz CT molecular complexity index is 1170. The molecule has 1 amide bonds. The van der Waals surface area contributed by atoms with E-state index in [-0.39, 0.29) is 11.7 Å². The van der Waals surface area contributed by atoms with Gasteiger partial charge in [-0.3, -0.25) is 9.69 Å². The van der Waals surface area contributed by atoms with Crippen LogP contribution >= 0.6 is 0 Å². The first-order valence-corrected chi connectivity index (χ1v) is 12.3. The van der Waals surface area contributed by atoms with Crippen molar-refractivity contribution in [3.63, 3.8) is 0 Å². The van der Waals surface area contributed by atoms with Crippen LogP contribution in [0, 0.1) is 5.92 Å². The number of benzene rings is 2. The van der Waals surface area contributed by atoms with Crippen molar-refractivity contribution in [2.45, 2.75) is 51.2 Å². The van der Waals surface area contributed by atoms with Gasteiger partial charge in [0.25, 0.3) is 0 Å². The maximum atomic E-state index is 13.7. The van der Waals surface area contributed by atoms with Crippen LogP contribution in [0.15, 0.2) is 60.9 Å². The Hall–Kier alpha value is -3.33. The molecule has 9 heteroatoms. The molecule has 0 aliphatic carbocycles. The highest BCUT2D eigenvalue weighted by atomic mass is 19.4. The summed E-state index contributed by atoms with van der Waals surface area (Å²) in [7, 11) is 0. The zero-order valence-corrected chi connectivity index (χ0v) is 19.9. The fraction of sp³-hybridized carbons (Fsp3) is 0.407. The summed E-state index contributed by atoms with van der Waals surface area (Å²) in [5, 5.41) is 0. The molecule has 0 bridgehead atoms. The molecule has 5 rings (SSSR count). The molecule has 1 aromatic heterocycles. The van der Waals surface area contributed by atoms with Crippen LogP contribution in [0.3, 0.4) is 0 Å². The monoisotopic (exact) mass is 498 g/mol. The molecule has 2 aromatic carbocycles. The average Bonchev–Trinajstić information content (AvgIpc) is 3.31. The SMILES string of the molecule is O=C([C@@H]1Cc2nc[nH]c2CN1Cc1cccc(OC(F)(F)F)c1)N1CCC(Cc2ccccc2)CC1. The third-order valence-corrected chi connectivity index (χ3v) is 7.09. The van der Waals surface area contributed by atoms with Crippen LogP contribution in [0.1, 0.15) is 35.4 Å². The maximum absolute atomic E-state index is 13.7. The Balaban J connectivity index is 1.27. The lowest BCUT2D eigenvalue weighted by molar-refractivity contribution is -0.274. The van der Waals surface area contributed by atoms with E-state index in [4.69, 9.17) is 0 Å². The van der Waals surface area contributed by atoms with Crippen LogP contribution < -0.4 is 4.74 Å². The molecule has 3 aromatic rings. The van der Waals surface area contributed by atoms with Crippen molar-refractivity contribution in [3.05, 3.63) is 83.4 Å². The van der Waals surface area contributed by atoms with Crippen LogP contribution in [-0.4, -0.2) is 51.2 Å². The highest BCUT2D eigenvalue weighted by Crippen LogP contribution is 2.29. The minimum atomic E-state index is -4.75. The first kappa shape index (κ1) is 24.4. The number of aromatic nitrogens is 2. The number of imidazole rings is 1. The fourth-order valence-electron chi connectivity index (χ4n) is 5.29. The minimum absolute atomic E-state index is 0.0597. The molecule has 6 nitrogen and oxygen atoms in total. The van der Waals surface area contributed by atoms with Gasteiger partial charge in [-0.05, 0) is 48.4 Å². The molecule has 36 heavy (non-hydrogen) atoms. The summed E-state index contributed by atoms with van der Waals surface area (Å²) in [6, 6.07) is 16.0. The second-order valence-electron chi connectivity index (χ2n) is 9.61. The molecular formula is C27H29F3N4O2. The molecule has 1 saturated heterocycles. The smallest absolute Gasteiger partial charge is 0.406 e. The summed E-state index contributed by atoms with van der Waals surface area (Å²) in [5.41, 5.74) is 3.78. The van der Waals surface area contributed by atoms with Gasteiger partial charge < -0.3 is 14.6 Å². The van der Waals surface area contributed by atoms with E-state index in [1.54, 1.807) is 12.4 Å². The Kier molecular flexibility index (Phi) is 7.00. The predicted octanol–water partition coefficient (Wildman–Crippen LogP) is 4.72. The number of halogens is 3. The van der Waals surface area contributed by atoms with Crippen molar-refractivity contribution in [2.75, 3.05) is 13.1 Å². The van der Waals surface area contributed by atoms with E-state index in [2.05, 4.69) is 39.0 Å². The molecule has 0 radical (unpaired) electrons. The molecule has 0 spiro atoms. The summed E-state index contributed by atoms with van der Waals surface area (Å²) in [5.74, 6) is 0.348. The normalized spacial score (nSPS) is 19.2. The van der Waals surface area contributed by atoms with Gasteiger partial charge in [-0.15, -0.1) is 13.2 Å². The van der Waals surface area contributed by atoms with Crippen molar-refractivity contribution in [2.24, 2.45) is 5.92 Å². The van der Waals surface area contributed by atoms with Crippen molar-refractivity contribution >= 4 is 5.91 Å². The van der Waals surface area contributed by atoms with Crippen LogP contribution in [0.2, 0.25) is 0 Å². The van der Waals surface area contributed by atoms with Crippen molar-refractivity contribution in [3.8, 4) is 5.75 Å². The third-order valence-electron chi connectivity index (χ3n) is 7.09. The first-order valence-electron chi connectivity index (χ1n) is 12.3. The predicted molar refractivity (Wildman–Crippen MR) is 128 cm³/mol. The van der Waals surface area contributed by atoms with Crippen molar-refractivity contribution in [1.82, 2.24) is 19.8 Å². The van der Waals surface area contributed by atoms with Gasteiger partial charge in [-0.25, -0.2) is 4.98 Å². The Morgan fingerprint density at radius 3 is 2.56 bits per heavy atom. The van der Waals surface area contributed by atoms with E-state index in [0.29, 0.717) is 44.1 Å². The number of hydrogen-bond acceptors (Lipinski definition) is 4. The van der Waals surface area contributed by atoms with Gasteiger partial charge in [-0.2, -0.15) is 0 Å². The lowest BCUT2D eigenvalue weighted by atomic mass is 9.89. The van der Waals surface area contributed by atoms with Crippen LogP contribution in [0.5, 0.6) is 5.75 Å². The number of ether oxygens (including phenoxy) is 1. The number of aromatic amines is 1. The van der Waals surface area contributed by atoms with E-state index in [0.717, 1.165) is 30.7 Å². The van der Waals surface area contributed by atoms with Gasteiger partial charge in [0.05, 0.1) is 23.8 Å². The largest absolute Gasteiger partial charge is 0.573 e. The van der Waals surface area contributed by atoms with E-state index >= 15 is 0 Å². The van der Waals surface area contributed by atoms with E-state index in [9.17, 15) is 18.0 Å². The molecule has 1 fully saturated rings. The molecule has 2 aliphatic rings. The highest BCUT2D eigenvalue weighted by Gasteiger charge is 2.37. The van der Waals surface area contributed by atoms with Gasteiger partial charge >= 0.3 is 6.36 Å². The van der Waals surface area contributed by atoms with Crippen LogP contribution in [-0.2, 0) is 30.7 Å². The molecule has 1 atom stereocenters. The molecule has 1 N–H and O–H groups in total. The second-order valence-corrected chi connectivity index (χ2v) is 9.61. The fourth-order valence-corrected chi connectivity index (χ4v) is 5.29. The number of alkyl halides is 3. The van der Waals surface area contributed by atoms with Gasteiger partial charge in [0.1, 0.15) is 5.75 Å². The average molecular weight is 499 g/mol. The highest BCUT2D eigenvalue weighted by molar-refractivity contribution is 5.82. The minimum Gasteiger partial charge on any atom is -0.406 e. The Morgan fingerprint density at radius 1 is 1.06 bits per heavy atom. The molecular weight excluding hydrogens is 469 g/mol. The van der Waals surface area contributed by atoms with Crippen LogP contribution in [0.25, 0.3) is 0 Å². The lowest BCUT2D eigenvalue weighted by Gasteiger charge is -2.39. The van der Waals surface area contributed by atoms with E-state index < -0.39 is 12.4 Å². The van der Waals surface area contributed by atoms with Crippen molar-refractivity contribution in [1.29, 1.82) is 0 Å². The maximum Gasteiger partial charge on any atom is 0.573 e. The number of piperidine rings is 1. The number of fused-ring (bicyclic) bond motifs is 1. The number of H-pyrrole nitrogens is 1. The Labute approximate surface area is 208 Å². The number of carbonyl (C=O) groups excluding carboxylic acids is 1. The van der Waals surface area contributed by atoms with Gasteiger partial charge in [0.2, 0.25) is 5.91 Å². The standard InChI is InChI=1S/C27H29F3N4O2/c28-27(29,30)36-22-8-4-7-21(14-22)16-34-17-24-23(31-18-32-24)15-25(34)26(35)33-11-9-20(10-12-33)13-19-5-2-1-3-6-19/h1-8,14,18,20,25H,9-13,15-17H2,(H,31,32)/t25-/m0/s1. The number of carbonyl (C=O) groups is 1. The number of amides is 1. The summed E-state index contributed by atoms with van der Waals surface area (Å²) in [6.07, 6.45) is 0.281. The second kappa shape index (κ2) is 10.3. The zero-order valence-electron chi connectivity index (χ0n) is 19.9. The zero-order chi connectivity index (χ0) is 25.1. The Morgan fingerprint density at radius 2 is 1.81 bits per heavy atom. The molecule has 0 unspecified atom stereocenters. The topological polar surface area (TPSA) is 61.5 Å². The van der Waals surface area contributed by atoms with E-state index in [1.165, 1.54) is 23.8 Å². The molecule has 3 heterocycles. The quantitative estimate of drug-likeness (QED) is 0.535. The summed E-state index contributed by atoms with van der Waals surface area (Å²) in [4.78, 5) is 25.2. The molecule has 0 saturated carbocycles. The summed E-state index contributed by atoms with van der Waals surface area (Å²) >= 11 is 0. The van der Waals surface area contributed by atoms with E-state index in [1.807, 2.05) is 15.9 Å². The number of rotatable bonds is 6. The lowest BCUT2D eigenvalue weighted by Crippen LogP contribution is -2.53. The number of nitrogens with one attached hydrogen (secondary N) is 1. The van der Waals surface area contributed by atoms with Gasteiger partial charge in [0.15, 0.2) is 0 Å². The summed E-state index contributed by atoms with van der Waals surface area (Å²) in [6.45, 7) is 2.22. The number of nitrogens with zero attached hydrogens (tertiary/aromatic N) is 3. The number of hydrogen-bond donors (Lipinski definition) is 1. The third kappa shape index (κ3) is 5.90. The van der Waals surface area contributed by atoms with Gasteiger partial charge in [0, 0.05) is 32.6 Å².